The second-order valence-corrected chi connectivity index (χ2v) is 7.30. The quantitative estimate of drug-likeness (QED) is 0.247. The Morgan fingerprint density at radius 3 is 2.27 bits per heavy atom. The molecule has 0 saturated heterocycles. The molecule has 0 aliphatic rings. The zero-order valence-corrected chi connectivity index (χ0v) is 18.8. The second-order valence-electron chi connectivity index (χ2n) is 7.30. The van der Waals surface area contributed by atoms with Crippen molar-refractivity contribution < 1.29 is 24.2 Å². The first-order chi connectivity index (χ1) is 16.1. The summed E-state index contributed by atoms with van der Waals surface area (Å²) in [5.41, 5.74) is 4.86. The van der Waals surface area contributed by atoms with Crippen molar-refractivity contribution in [2.45, 2.75) is 26.4 Å². The molecule has 0 saturated carbocycles. The lowest BCUT2D eigenvalue weighted by atomic mass is 10.0. The van der Waals surface area contributed by atoms with Gasteiger partial charge in [0.05, 0.1) is 5.71 Å². The molecule has 0 radical (unpaired) electrons. The van der Waals surface area contributed by atoms with Crippen LogP contribution in [0.3, 0.4) is 0 Å². The van der Waals surface area contributed by atoms with Gasteiger partial charge in [0.2, 0.25) is 0 Å². The highest BCUT2D eigenvalue weighted by Gasteiger charge is 2.17. The summed E-state index contributed by atoms with van der Waals surface area (Å²) < 4.78 is 10.9. The fourth-order valence-corrected chi connectivity index (χ4v) is 3.19. The van der Waals surface area contributed by atoms with Gasteiger partial charge in [0.1, 0.15) is 12.4 Å². The van der Waals surface area contributed by atoms with Gasteiger partial charge < -0.3 is 19.4 Å². The zero-order chi connectivity index (χ0) is 23.5. The minimum atomic E-state index is -0.963. The van der Waals surface area contributed by atoms with Crippen molar-refractivity contribution in [2.75, 3.05) is 19.8 Å². The van der Waals surface area contributed by atoms with Gasteiger partial charge in [-0.15, -0.1) is 0 Å². The number of hydrogen-bond donors (Lipinski definition) is 1. The molecule has 1 N–H and O–H groups in total. The molecule has 3 aromatic rings. The minimum Gasteiger partial charge on any atom is -0.490 e. The molecule has 1 atom stereocenters. The summed E-state index contributed by atoms with van der Waals surface area (Å²) in [7, 11) is 0. The van der Waals surface area contributed by atoms with Gasteiger partial charge in [0.25, 0.3) is 0 Å². The number of hydrogen-bond acceptors (Lipinski definition) is 6. The van der Waals surface area contributed by atoms with Crippen LogP contribution in [-0.2, 0) is 20.8 Å². The maximum Gasteiger partial charge on any atom is 0.333 e. The molecule has 7 nitrogen and oxygen atoms in total. The first-order valence-electron chi connectivity index (χ1n) is 10.8. The number of aliphatic carboxylic acids is 1. The minimum absolute atomic E-state index is 0.305. The number of nitrogens with zero attached hydrogens (tertiary/aromatic N) is 2. The van der Waals surface area contributed by atoms with E-state index in [-0.39, 0.29) is 0 Å². The monoisotopic (exact) mass is 448 g/mol. The SMILES string of the molecule is CCOC(Cc1ccc(OCCON=C(C)c2ccc(-c3ccncc3)cc2)cc1)C(=O)O. The van der Waals surface area contributed by atoms with E-state index in [1.54, 1.807) is 31.5 Å². The molecule has 3 rings (SSSR count). The number of carbonyl (C=O) groups is 1. The second kappa shape index (κ2) is 12.4. The van der Waals surface area contributed by atoms with Crippen molar-refractivity contribution in [3.05, 3.63) is 84.2 Å². The molecular formula is C26H28N2O5. The Labute approximate surface area is 193 Å². The summed E-state index contributed by atoms with van der Waals surface area (Å²) in [6.45, 7) is 4.68. The molecule has 0 fully saturated rings. The van der Waals surface area contributed by atoms with Crippen molar-refractivity contribution >= 4 is 11.7 Å². The molecule has 7 heteroatoms. The number of benzene rings is 2. The summed E-state index contributed by atoms with van der Waals surface area (Å²) >= 11 is 0. The Hall–Kier alpha value is -3.71. The fraction of sp³-hybridized carbons (Fsp3) is 0.269. The van der Waals surface area contributed by atoms with E-state index in [1.807, 2.05) is 55.5 Å². The van der Waals surface area contributed by atoms with Gasteiger partial charge in [-0.2, -0.15) is 0 Å². The lowest BCUT2D eigenvalue weighted by Crippen LogP contribution is -2.26. The highest BCUT2D eigenvalue weighted by Crippen LogP contribution is 2.19. The third-order valence-corrected chi connectivity index (χ3v) is 4.95. The molecule has 172 valence electrons. The van der Waals surface area contributed by atoms with Crippen molar-refractivity contribution in [2.24, 2.45) is 5.16 Å². The van der Waals surface area contributed by atoms with Gasteiger partial charge in [-0.05, 0) is 60.4 Å². The Morgan fingerprint density at radius 2 is 1.64 bits per heavy atom. The number of aromatic nitrogens is 1. The van der Waals surface area contributed by atoms with Crippen molar-refractivity contribution in [1.82, 2.24) is 4.98 Å². The molecule has 2 aromatic carbocycles. The molecule has 1 unspecified atom stereocenters. The van der Waals surface area contributed by atoms with Crippen molar-refractivity contribution in [3.63, 3.8) is 0 Å². The van der Waals surface area contributed by atoms with E-state index >= 15 is 0 Å². The Morgan fingerprint density at radius 1 is 0.970 bits per heavy atom. The van der Waals surface area contributed by atoms with Crippen LogP contribution in [-0.4, -0.2) is 47.7 Å². The van der Waals surface area contributed by atoms with E-state index in [0.29, 0.717) is 32.0 Å². The van der Waals surface area contributed by atoms with Gasteiger partial charge in [0, 0.05) is 25.4 Å². The van der Waals surface area contributed by atoms with E-state index < -0.39 is 12.1 Å². The molecule has 0 aliphatic carbocycles. The first-order valence-corrected chi connectivity index (χ1v) is 10.8. The Kier molecular flexibility index (Phi) is 8.97. The summed E-state index contributed by atoms with van der Waals surface area (Å²) in [5, 5.41) is 13.3. The molecule has 33 heavy (non-hydrogen) atoms. The smallest absolute Gasteiger partial charge is 0.333 e. The van der Waals surface area contributed by atoms with Crippen LogP contribution in [0, 0.1) is 0 Å². The number of rotatable bonds is 12. The third kappa shape index (κ3) is 7.43. The zero-order valence-electron chi connectivity index (χ0n) is 18.8. The number of carboxylic acids is 1. The van der Waals surface area contributed by atoms with Crippen LogP contribution in [0.5, 0.6) is 5.75 Å². The fourth-order valence-electron chi connectivity index (χ4n) is 3.19. The van der Waals surface area contributed by atoms with Gasteiger partial charge >= 0.3 is 5.97 Å². The maximum absolute atomic E-state index is 11.2. The van der Waals surface area contributed by atoms with Crippen molar-refractivity contribution in [1.29, 1.82) is 0 Å². The first kappa shape index (κ1) is 23.9. The molecule has 0 amide bonds. The number of carboxylic acid groups (broad SMARTS) is 1. The lowest BCUT2D eigenvalue weighted by Gasteiger charge is -2.12. The average Bonchev–Trinajstić information content (AvgIpc) is 2.85. The van der Waals surface area contributed by atoms with Crippen LogP contribution in [0.4, 0.5) is 0 Å². The predicted octanol–water partition coefficient (Wildman–Crippen LogP) is 4.60. The van der Waals surface area contributed by atoms with Crippen LogP contribution >= 0.6 is 0 Å². The molecule has 1 aromatic heterocycles. The van der Waals surface area contributed by atoms with Gasteiger partial charge in [0.15, 0.2) is 12.7 Å². The van der Waals surface area contributed by atoms with Crippen LogP contribution in [0.2, 0.25) is 0 Å². The number of pyridine rings is 1. The van der Waals surface area contributed by atoms with Crippen LogP contribution in [0.1, 0.15) is 25.0 Å². The van der Waals surface area contributed by atoms with Gasteiger partial charge in [-0.1, -0.05) is 41.6 Å². The number of oxime groups is 1. The average molecular weight is 449 g/mol. The Balaban J connectivity index is 1.42. The summed E-state index contributed by atoms with van der Waals surface area (Å²) in [4.78, 5) is 20.6. The van der Waals surface area contributed by atoms with E-state index in [4.69, 9.17) is 14.3 Å². The highest BCUT2D eigenvalue weighted by molar-refractivity contribution is 5.98. The van der Waals surface area contributed by atoms with E-state index in [9.17, 15) is 9.90 Å². The van der Waals surface area contributed by atoms with Crippen LogP contribution in [0.25, 0.3) is 11.1 Å². The normalized spacial score (nSPS) is 12.2. The summed E-state index contributed by atoms with van der Waals surface area (Å²) in [6.07, 6.45) is 3.02. The lowest BCUT2D eigenvalue weighted by molar-refractivity contribution is -0.149. The molecule has 0 spiro atoms. The molecular weight excluding hydrogens is 420 g/mol. The van der Waals surface area contributed by atoms with E-state index in [1.165, 1.54) is 0 Å². The molecule has 0 bridgehead atoms. The van der Waals surface area contributed by atoms with Gasteiger partial charge in [-0.25, -0.2) is 4.79 Å². The van der Waals surface area contributed by atoms with Gasteiger partial charge in [-0.3, -0.25) is 4.98 Å². The predicted molar refractivity (Wildman–Crippen MR) is 127 cm³/mol. The van der Waals surface area contributed by atoms with E-state index in [2.05, 4.69) is 10.1 Å². The Bertz CT molecular complexity index is 1030. The summed E-state index contributed by atoms with van der Waals surface area (Å²) in [6, 6.07) is 19.3. The maximum atomic E-state index is 11.2. The largest absolute Gasteiger partial charge is 0.490 e. The van der Waals surface area contributed by atoms with Crippen molar-refractivity contribution in [3.8, 4) is 16.9 Å². The summed E-state index contributed by atoms with van der Waals surface area (Å²) in [5.74, 6) is -0.284. The highest BCUT2D eigenvalue weighted by atomic mass is 16.6. The third-order valence-electron chi connectivity index (χ3n) is 4.95. The van der Waals surface area contributed by atoms with Crippen LogP contribution < -0.4 is 4.74 Å². The molecule has 0 aliphatic heterocycles. The number of ether oxygens (including phenoxy) is 2. The van der Waals surface area contributed by atoms with Crippen LogP contribution in [0.15, 0.2) is 78.2 Å². The van der Waals surface area contributed by atoms with E-state index in [0.717, 1.165) is 28.0 Å². The topological polar surface area (TPSA) is 90.2 Å². The standard InChI is InChI=1S/C26H28N2O5/c1-3-31-25(26(29)30)18-20-4-10-24(11-5-20)32-16-17-33-28-19(2)21-6-8-22(9-7-21)23-12-14-27-15-13-23/h4-15,25H,3,16-18H2,1-2H3,(H,29,30). The molecule has 1 heterocycles.